The smallest absolute Gasteiger partial charge is 0.407 e. The van der Waals surface area contributed by atoms with Gasteiger partial charge in [-0.05, 0) is 28.8 Å². The lowest BCUT2D eigenvalue weighted by Crippen LogP contribution is -2.38. The van der Waals surface area contributed by atoms with Crippen molar-refractivity contribution >= 4 is 23.8 Å². The van der Waals surface area contributed by atoms with Crippen LogP contribution in [-0.2, 0) is 27.4 Å². The van der Waals surface area contributed by atoms with Crippen molar-refractivity contribution in [2.75, 3.05) is 12.4 Å². The lowest BCUT2D eigenvalue weighted by atomic mass is 9.91. The van der Waals surface area contributed by atoms with E-state index in [1.54, 1.807) is 18.2 Å². The van der Waals surface area contributed by atoms with E-state index in [4.69, 9.17) is 14.2 Å². The number of hydrogen-bond acceptors (Lipinski definition) is 7. The van der Waals surface area contributed by atoms with Crippen LogP contribution in [-0.4, -0.2) is 40.7 Å². The quantitative estimate of drug-likeness (QED) is 0.196. The number of carboxylic acids is 1. The number of carboxylic acid groups (broad SMARTS) is 1. The third-order valence-corrected chi connectivity index (χ3v) is 7.83. The second kappa shape index (κ2) is 14.1. The maximum atomic E-state index is 11.7. The minimum atomic E-state index is -0.965. The Morgan fingerprint density at radius 1 is 1.00 bits per heavy atom. The van der Waals surface area contributed by atoms with E-state index in [2.05, 4.69) is 18.8 Å². The van der Waals surface area contributed by atoms with Crippen LogP contribution in [0.25, 0.3) is 0 Å². The lowest BCUT2D eigenvalue weighted by molar-refractivity contribution is -0.268. The minimum absolute atomic E-state index is 0.0363. The van der Waals surface area contributed by atoms with Crippen molar-refractivity contribution in [1.29, 1.82) is 0 Å². The van der Waals surface area contributed by atoms with Gasteiger partial charge in [-0.15, -0.1) is 11.8 Å². The van der Waals surface area contributed by atoms with Gasteiger partial charge in [-0.25, -0.2) is 9.59 Å². The summed E-state index contributed by atoms with van der Waals surface area (Å²) < 4.78 is 17.9. The van der Waals surface area contributed by atoms with E-state index >= 15 is 0 Å². The summed E-state index contributed by atoms with van der Waals surface area (Å²) in [5.41, 5.74) is 3.75. The van der Waals surface area contributed by atoms with Crippen LogP contribution in [0.15, 0.2) is 90.3 Å². The number of carbonyl (C=O) groups is 2. The number of hydrogen-bond donors (Lipinski definition) is 3. The van der Waals surface area contributed by atoms with Crippen molar-refractivity contribution in [3.8, 4) is 0 Å². The van der Waals surface area contributed by atoms with Gasteiger partial charge in [0.25, 0.3) is 0 Å². The number of thioether (sulfide) groups is 1. The maximum Gasteiger partial charge on any atom is 0.407 e. The molecule has 210 valence electrons. The Balaban J connectivity index is 1.52. The zero-order chi connectivity index (χ0) is 28.5. The molecule has 0 spiro atoms. The first kappa shape index (κ1) is 29.4. The molecule has 0 saturated carbocycles. The van der Waals surface area contributed by atoms with Crippen molar-refractivity contribution < 1.29 is 34.0 Å². The molecule has 8 nitrogen and oxygen atoms in total. The highest BCUT2D eigenvalue weighted by atomic mass is 32.2. The number of aliphatic hydroxyl groups is 1. The summed E-state index contributed by atoms with van der Waals surface area (Å²) in [7, 11) is 0. The maximum absolute atomic E-state index is 11.7. The second-order valence-electron chi connectivity index (χ2n) is 9.42. The van der Waals surface area contributed by atoms with Crippen molar-refractivity contribution in [1.82, 2.24) is 5.32 Å². The predicted molar refractivity (Wildman–Crippen MR) is 152 cm³/mol. The van der Waals surface area contributed by atoms with Gasteiger partial charge in [-0.3, -0.25) is 0 Å². The summed E-state index contributed by atoms with van der Waals surface area (Å²) in [5, 5.41) is 21.7. The van der Waals surface area contributed by atoms with E-state index in [-0.39, 0.29) is 36.9 Å². The molecule has 1 aliphatic heterocycles. The number of benzene rings is 3. The Kier molecular flexibility index (Phi) is 10.4. The van der Waals surface area contributed by atoms with Crippen molar-refractivity contribution in [2.45, 2.75) is 43.5 Å². The summed E-state index contributed by atoms with van der Waals surface area (Å²) in [5.74, 6) is -0.469. The number of ether oxygens (including phenoxy) is 3. The van der Waals surface area contributed by atoms with E-state index in [9.17, 15) is 19.8 Å². The summed E-state index contributed by atoms with van der Waals surface area (Å²) >= 11 is 1.45. The number of carbonyl (C=O) groups excluding carboxylic acids is 1. The Hall–Kier alpha value is -3.63. The van der Waals surface area contributed by atoms with Crippen LogP contribution in [0.1, 0.15) is 51.9 Å². The number of aliphatic hydroxyl groups excluding tert-OH is 1. The third-order valence-electron chi connectivity index (χ3n) is 6.66. The van der Waals surface area contributed by atoms with Gasteiger partial charge < -0.3 is 29.7 Å². The number of alkyl carbamates (subject to hydrolysis) is 1. The molecular formula is C31H33NO7S. The molecule has 1 fully saturated rings. The summed E-state index contributed by atoms with van der Waals surface area (Å²) in [4.78, 5) is 24.1. The van der Waals surface area contributed by atoms with Crippen molar-refractivity contribution in [3.63, 3.8) is 0 Å². The van der Waals surface area contributed by atoms with E-state index in [1.165, 1.54) is 17.8 Å². The highest BCUT2D eigenvalue weighted by molar-refractivity contribution is 7.99. The zero-order valence-electron chi connectivity index (χ0n) is 22.2. The van der Waals surface area contributed by atoms with Gasteiger partial charge in [-0.1, -0.05) is 80.2 Å². The summed E-state index contributed by atoms with van der Waals surface area (Å²) in [6.45, 7) is 6.00. The highest BCUT2D eigenvalue weighted by Gasteiger charge is 2.38. The highest BCUT2D eigenvalue weighted by Crippen LogP contribution is 2.43. The van der Waals surface area contributed by atoms with Crippen LogP contribution in [0.5, 0.6) is 0 Å². The Bertz CT molecular complexity index is 1300. The molecule has 3 aromatic rings. The normalized spacial score (nSPS) is 20.4. The molecule has 9 heteroatoms. The molecule has 3 aromatic carbocycles. The number of nitrogens with one attached hydrogen (secondary N) is 1. The molecule has 0 aliphatic carbocycles. The fourth-order valence-corrected chi connectivity index (χ4v) is 5.62. The van der Waals surface area contributed by atoms with Crippen LogP contribution in [0.2, 0.25) is 0 Å². The molecule has 0 radical (unpaired) electrons. The van der Waals surface area contributed by atoms with Crippen LogP contribution in [0.3, 0.4) is 0 Å². The van der Waals surface area contributed by atoms with E-state index in [1.807, 2.05) is 54.6 Å². The van der Waals surface area contributed by atoms with Crippen molar-refractivity contribution in [2.24, 2.45) is 5.92 Å². The van der Waals surface area contributed by atoms with Gasteiger partial charge in [0, 0.05) is 28.7 Å². The standard InChI is InChI=1S/C31H33NO7S/c1-3-16-37-31(36)32-17-21-8-14-24(15-9-21)30-38-26(19-40-27-7-5-4-6-25(27)29(34)35)20(2)28(39-30)23-12-10-22(18-33)11-13-23/h3-15,20,26,28,30,33H,1,16-19H2,2H3,(H,32,36)(H,34,35)/t20-,26+,28+,30+/m0/s1. The van der Waals surface area contributed by atoms with Gasteiger partial charge in [0.15, 0.2) is 6.29 Å². The monoisotopic (exact) mass is 563 g/mol. The molecule has 4 atom stereocenters. The molecule has 1 aliphatic rings. The topological polar surface area (TPSA) is 114 Å². The van der Waals surface area contributed by atoms with E-state index < -0.39 is 18.4 Å². The SMILES string of the molecule is C=CCOC(=O)NCc1ccc([C@@H]2O[C@H](CSc3ccccc3C(=O)O)[C@H](C)[C@H](c3ccc(CO)cc3)O2)cc1. The Morgan fingerprint density at radius 2 is 1.68 bits per heavy atom. The molecule has 40 heavy (non-hydrogen) atoms. The second-order valence-corrected chi connectivity index (χ2v) is 10.5. The third kappa shape index (κ3) is 7.51. The summed E-state index contributed by atoms with van der Waals surface area (Å²) in [6, 6.07) is 22.2. The van der Waals surface area contributed by atoms with E-state index in [0.29, 0.717) is 17.2 Å². The molecule has 0 unspecified atom stereocenters. The fourth-order valence-electron chi connectivity index (χ4n) is 4.40. The van der Waals surface area contributed by atoms with Crippen LogP contribution >= 0.6 is 11.8 Å². The molecule has 4 rings (SSSR count). The van der Waals surface area contributed by atoms with Crippen LogP contribution in [0, 0.1) is 5.92 Å². The van der Waals surface area contributed by atoms with Crippen molar-refractivity contribution in [3.05, 3.63) is 113 Å². The summed E-state index contributed by atoms with van der Waals surface area (Å²) in [6.07, 6.45) is -0.193. The number of aromatic carboxylic acids is 1. The lowest BCUT2D eigenvalue weighted by Gasteiger charge is -2.41. The zero-order valence-corrected chi connectivity index (χ0v) is 23.0. The number of rotatable bonds is 11. The average Bonchev–Trinajstić information content (AvgIpc) is 2.99. The van der Waals surface area contributed by atoms with Gasteiger partial charge in [0.2, 0.25) is 0 Å². The largest absolute Gasteiger partial charge is 0.478 e. The van der Waals surface area contributed by atoms with Gasteiger partial charge in [0.05, 0.1) is 24.4 Å². The first-order chi connectivity index (χ1) is 19.4. The molecule has 1 heterocycles. The molecule has 1 amide bonds. The Labute approximate surface area is 238 Å². The first-order valence-electron chi connectivity index (χ1n) is 13.0. The van der Waals surface area contributed by atoms with Crippen LogP contribution in [0.4, 0.5) is 4.79 Å². The average molecular weight is 564 g/mol. The Morgan fingerprint density at radius 3 is 2.35 bits per heavy atom. The van der Waals surface area contributed by atoms with Crippen LogP contribution < -0.4 is 5.32 Å². The van der Waals surface area contributed by atoms with Gasteiger partial charge in [0.1, 0.15) is 6.61 Å². The molecule has 0 aromatic heterocycles. The first-order valence-corrected chi connectivity index (χ1v) is 13.9. The molecule has 0 bridgehead atoms. The van der Waals surface area contributed by atoms with Gasteiger partial charge in [-0.2, -0.15) is 0 Å². The van der Waals surface area contributed by atoms with Gasteiger partial charge >= 0.3 is 12.1 Å². The minimum Gasteiger partial charge on any atom is -0.478 e. The predicted octanol–water partition coefficient (Wildman–Crippen LogP) is 5.87. The molecular weight excluding hydrogens is 530 g/mol. The number of amides is 1. The molecule has 1 saturated heterocycles. The van der Waals surface area contributed by atoms with E-state index in [0.717, 1.165) is 22.3 Å². The fraction of sp³-hybridized carbons (Fsp3) is 0.290. The molecule has 3 N–H and O–H groups in total.